The van der Waals surface area contributed by atoms with Crippen molar-refractivity contribution in [2.75, 3.05) is 6.61 Å². The van der Waals surface area contributed by atoms with Crippen LogP contribution >= 0.6 is 23.2 Å². The van der Waals surface area contributed by atoms with Crippen LogP contribution in [0.15, 0.2) is 42.5 Å². The standard InChI is InChI=1S/C26H32Cl2N2O3/c1-17(2)19-11-13-21(14-12-19)33-16-25(31)30(15-22-23(27)9-6-10-24(22)28)18(3)26(32)29-20-7-4-5-8-20/h6,9-14,17-18,20H,4-5,7-8,15-16H2,1-3H3,(H,29,32). The number of hydrogen-bond acceptors (Lipinski definition) is 3. The van der Waals surface area contributed by atoms with Gasteiger partial charge in [-0.1, -0.05) is 68.1 Å². The molecule has 0 saturated heterocycles. The van der Waals surface area contributed by atoms with Crippen molar-refractivity contribution in [1.29, 1.82) is 0 Å². The van der Waals surface area contributed by atoms with Gasteiger partial charge in [0.05, 0.1) is 0 Å². The fraction of sp³-hybridized carbons (Fsp3) is 0.462. The van der Waals surface area contributed by atoms with Crippen molar-refractivity contribution in [2.45, 2.75) is 71.0 Å². The van der Waals surface area contributed by atoms with E-state index in [0.29, 0.717) is 27.3 Å². The monoisotopic (exact) mass is 490 g/mol. The first kappa shape index (κ1) is 25.4. The van der Waals surface area contributed by atoms with Crippen LogP contribution in [-0.2, 0) is 16.1 Å². The minimum Gasteiger partial charge on any atom is -0.484 e. The van der Waals surface area contributed by atoms with Gasteiger partial charge in [0.2, 0.25) is 5.91 Å². The van der Waals surface area contributed by atoms with Gasteiger partial charge < -0.3 is 15.0 Å². The number of halogens is 2. The van der Waals surface area contributed by atoms with Crippen molar-refractivity contribution < 1.29 is 14.3 Å². The first-order chi connectivity index (χ1) is 15.8. The molecule has 0 heterocycles. The van der Waals surface area contributed by atoms with E-state index in [-0.39, 0.29) is 31.0 Å². The molecular weight excluding hydrogens is 459 g/mol. The van der Waals surface area contributed by atoms with Gasteiger partial charge in [0, 0.05) is 28.2 Å². The molecule has 1 fully saturated rings. The molecule has 5 nitrogen and oxygen atoms in total. The predicted octanol–water partition coefficient (Wildman–Crippen LogP) is 5.97. The van der Waals surface area contributed by atoms with Gasteiger partial charge in [0.15, 0.2) is 6.61 Å². The minimum atomic E-state index is -0.697. The average Bonchev–Trinajstić information content (AvgIpc) is 3.30. The highest BCUT2D eigenvalue weighted by molar-refractivity contribution is 6.36. The molecule has 1 unspecified atom stereocenters. The number of rotatable bonds is 9. The number of benzene rings is 2. The second-order valence-electron chi connectivity index (χ2n) is 8.90. The Labute approximate surface area is 206 Å². The number of carbonyl (C=O) groups excluding carboxylic acids is 2. The molecule has 0 spiro atoms. The number of nitrogens with zero attached hydrogens (tertiary/aromatic N) is 1. The summed E-state index contributed by atoms with van der Waals surface area (Å²) >= 11 is 12.7. The second-order valence-corrected chi connectivity index (χ2v) is 9.71. The molecule has 7 heteroatoms. The minimum absolute atomic E-state index is 0.117. The van der Waals surface area contributed by atoms with Crippen LogP contribution in [0.4, 0.5) is 0 Å². The van der Waals surface area contributed by atoms with Crippen LogP contribution < -0.4 is 10.1 Å². The maximum atomic E-state index is 13.2. The molecule has 1 aliphatic carbocycles. The normalized spacial score (nSPS) is 14.8. The highest BCUT2D eigenvalue weighted by Gasteiger charge is 2.29. The fourth-order valence-corrected chi connectivity index (χ4v) is 4.52. The predicted molar refractivity (Wildman–Crippen MR) is 133 cm³/mol. The molecule has 2 aromatic rings. The fourth-order valence-electron chi connectivity index (χ4n) is 4.01. The summed E-state index contributed by atoms with van der Waals surface area (Å²) in [5, 5.41) is 3.99. The first-order valence-electron chi connectivity index (χ1n) is 11.5. The van der Waals surface area contributed by atoms with E-state index in [1.54, 1.807) is 25.1 Å². The van der Waals surface area contributed by atoms with Crippen LogP contribution in [0.25, 0.3) is 0 Å². The van der Waals surface area contributed by atoms with Gasteiger partial charge in [-0.05, 0) is 55.5 Å². The van der Waals surface area contributed by atoms with E-state index in [4.69, 9.17) is 27.9 Å². The summed E-state index contributed by atoms with van der Waals surface area (Å²) in [5.41, 5.74) is 1.80. The van der Waals surface area contributed by atoms with Gasteiger partial charge in [-0.3, -0.25) is 9.59 Å². The Morgan fingerprint density at radius 3 is 2.21 bits per heavy atom. The third-order valence-corrected chi connectivity index (χ3v) is 6.88. The zero-order valence-electron chi connectivity index (χ0n) is 19.4. The van der Waals surface area contributed by atoms with E-state index >= 15 is 0 Å². The lowest BCUT2D eigenvalue weighted by Crippen LogP contribution is -2.50. The van der Waals surface area contributed by atoms with Gasteiger partial charge in [0.25, 0.3) is 5.91 Å². The van der Waals surface area contributed by atoms with E-state index in [2.05, 4.69) is 19.2 Å². The zero-order chi connectivity index (χ0) is 24.0. The van der Waals surface area contributed by atoms with Crippen molar-refractivity contribution in [3.05, 3.63) is 63.6 Å². The van der Waals surface area contributed by atoms with Gasteiger partial charge in [-0.15, -0.1) is 0 Å². The molecule has 0 aromatic heterocycles. The molecule has 2 aromatic carbocycles. The van der Waals surface area contributed by atoms with Crippen molar-refractivity contribution in [3.63, 3.8) is 0 Å². The van der Waals surface area contributed by atoms with Crippen LogP contribution in [-0.4, -0.2) is 35.4 Å². The molecule has 33 heavy (non-hydrogen) atoms. The Morgan fingerprint density at radius 1 is 1.03 bits per heavy atom. The Kier molecular flexibility index (Phi) is 9.04. The number of ether oxygens (including phenoxy) is 1. The molecule has 0 aliphatic heterocycles. The Bertz CT molecular complexity index is 936. The van der Waals surface area contributed by atoms with Gasteiger partial charge in [0.1, 0.15) is 11.8 Å². The van der Waals surface area contributed by atoms with Gasteiger partial charge in [-0.25, -0.2) is 0 Å². The molecule has 2 amide bonds. The van der Waals surface area contributed by atoms with E-state index in [1.807, 2.05) is 24.3 Å². The molecule has 178 valence electrons. The number of nitrogens with one attached hydrogen (secondary N) is 1. The summed E-state index contributed by atoms with van der Waals surface area (Å²) in [7, 11) is 0. The Hall–Kier alpha value is -2.24. The molecule has 1 atom stereocenters. The highest BCUT2D eigenvalue weighted by Crippen LogP contribution is 2.27. The summed E-state index contributed by atoms with van der Waals surface area (Å²) in [4.78, 5) is 27.7. The van der Waals surface area contributed by atoms with Crippen molar-refractivity contribution in [1.82, 2.24) is 10.2 Å². The van der Waals surface area contributed by atoms with Crippen LogP contribution in [0.1, 0.15) is 63.5 Å². The van der Waals surface area contributed by atoms with E-state index < -0.39 is 6.04 Å². The van der Waals surface area contributed by atoms with E-state index in [1.165, 1.54) is 10.5 Å². The molecule has 1 N–H and O–H groups in total. The lowest BCUT2D eigenvalue weighted by molar-refractivity contribution is -0.142. The quantitative estimate of drug-likeness (QED) is 0.470. The molecule has 3 rings (SSSR count). The van der Waals surface area contributed by atoms with Crippen molar-refractivity contribution in [2.24, 2.45) is 0 Å². The smallest absolute Gasteiger partial charge is 0.261 e. The maximum Gasteiger partial charge on any atom is 0.261 e. The molecule has 0 radical (unpaired) electrons. The SMILES string of the molecule is CC(C)c1ccc(OCC(=O)N(Cc2c(Cl)cccc2Cl)C(C)C(=O)NC2CCCC2)cc1. The number of hydrogen-bond donors (Lipinski definition) is 1. The van der Waals surface area contributed by atoms with Crippen LogP contribution in [0.3, 0.4) is 0 Å². The topological polar surface area (TPSA) is 58.6 Å². The maximum absolute atomic E-state index is 13.2. The third kappa shape index (κ3) is 6.87. The average molecular weight is 491 g/mol. The van der Waals surface area contributed by atoms with Crippen LogP contribution in [0.2, 0.25) is 10.0 Å². The largest absolute Gasteiger partial charge is 0.484 e. The van der Waals surface area contributed by atoms with E-state index in [0.717, 1.165) is 25.7 Å². The highest BCUT2D eigenvalue weighted by atomic mass is 35.5. The van der Waals surface area contributed by atoms with Crippen LogP contribution in [0.5, 0.6) is 5.75 Å². The summed E-state index contributed by atoms with van der Waals surface area (Å²) in [6.07, 6.45) is 4.16. The number of carbonyl (C=O) groups is 2. The van der Waals surface area contributed by atoms with Crippen LogP contribution in [0, 0.1) is 0 Å². The summed E-state index contributed by atoms with van der Waals surface area (Å²) in [6, 6.07) is 12.4. The molecule has 0 bridgehead atoms. The van der Waals surface area contributed by atoms with Gasteiger partial charge in [-0.2, -0.15) is 0 Å². The third-order valence-electron chi connectivity index (χ3n) is 6.17. The first-order valence-corrected chi connectivity index (χ1v) is 12.3. The molecular formula is C26H32Cl2N2O3. The Balaban J connectivity index is 1.74. The number of amides is 2. The summed E-state index contributed by atoms with van der Waals surface area (Å²) in [5.74, 6) is 0.523. The summed E-state index contributed by atoms with van der Waals surface area (Å²) in [6.45, 7) is 5.89. The van der Waals surface area contributed by atoms with Gasteiger partial charge >= 0.3 is 0 Å². The van der Waals surface area contributed by atoms with Crippen molar-refractivity contribution >= 4 is 35.0 Å². The lowest BCUT2D eigenvalue weighted by Gasteiger charge is -2.30. The summed E-state index contributed by atoms with van der Waals surface area (Å²) < 4.78 is 5.76. The lowest BCUT2D eigenvalue weighted by atomic mass is 10.0. The second kappa shape index (κ2) is 11.8. The van der Waals surface area contributed by atoms with E-state index in [9.17, 15) is 9.59 Å². The Morgan fingerprint density at radius 2 is 1.64 bits per heavy atom. The molecule has 1 aliphatic rings. The molecule has 1 saturated carbocycles. The zero-order valence-corrected chi connectivity index (χ0v) is 21.0. The van der Waals surface area contributed by atoms with Crippen molar-refractivity contribution in [3.8, 4) is 5.75 Å².